The highest BCUT2D eigenvalue weighted by Crippen LogP contribution is 2.45. The molecular formula is C12H15BrN2. The van der Waals surface area contributed by atoms with E-state index in [0.717, 1.165) is 22.1 Å². The van der Waals surface area contributed by atoms with Gasteiger partial charge < -0.3 is 5.32 Å². The van der Waals surface area contributed by atoms with Crippen molar-refractivity contribution in [2.45, 2.75) is 31.7 Å². The average molecular weight is 267 g/mol. The summed E-state index contributed by atoms with van der Waals surface area (Å²) in [6, 6.07) is 4.80. The largest absolute Gasteiger partial charge is 0.381 e. The van der Waals surface area contributed by atoms with Gasteiger partial charge in [-0.1, -0.05) is 6.42 Å². The minimum Gasteiger partial charge on any atom is -0.381 e. The predicted molar refractivity (Wildman–Crippen MR) is 64.8 cm³/mol. The Kier molecular flexibility index (Phi) is 2.43. The Morgan fingerprint density at radius 2 is 2.20 bits per heavy atom. The van der Waals surface area contributed by atoms with Crippen molar-refractivity contribution in [2.24, 2.45) is 11.8 Å². The monoisotopic (exact) mass is 266 g/mol. The quantitative estimate of drug-likeness (QED) is 0.830. The highest BCUT2D eigenvalue weighted by atomic mass is 79.9. The summed E-state index contributed by atoms with van der Waals surface area (Å²) in [6.07, 6.45) is 7.60. The molecule has 0 spiro atoms. The van der Waals surface area contributed by atoms with Crippen LogP contribution in [-0.2, 0) is 0 Å². The molecule has 3 atom stereocenters. The van der Waals surface area contributed by atoms with Gasteiger partial charge in [0.05, 0.1) is 11.9 Å². The minimum atomic E-state index is 0.701. The third-order valence-electron chi connectivity index (χ3n) is 3.82. The standard InChI is InChI=1S/C12H15BrN2/c13-12-4-3-10(7-14-12)15-11-6-8-1-2-9(11)5-8/h3-4,7-9,11,15H,1-2,5-6H2. The molecule has 0 radical (unpaired) electrons. The number of anilines is 1. The van der Waals surface area contributed by atoms with Crippen molar-refractivity contribution in [3.8, 4) is 0 Å². The molecular weight excluding hydrogens is 252 g/mol. The molecule has 1 aromatic heterocycles. The second-order valence-corrected chi connectivity index (χ2v) is 5.61. The summed E-state index contributed by atoms with van der Waals surface area (Å²) < 4.78 is 0.904. The van der Waals surface area contributed by atoms with E-state index in [-0.39, 0.29) is 0 Å². The van der Waals surface area contributed by atoms with Gasteiger partial charge in [-0.3, -0.25) is 0 Å². The molecule has 0 aromatic carbocycles. The first kappa shape index (κ1) is 9.64. The zero-order chi connectivity index (χ0) is 10.3. The molecule has 3 unspecified atom stereocenters. The highest BCUT2D eigenvalue weighted by Gasteiger charge is 2.39. The van der Waals surface area contributed by atoms with Gasteiger partial charge in [-0.25, -0.2) is 4.98 Å². The molecule has 2 saturated carbocycles. The van der Waals surface area contributed by atoms with Gasteiger partial charge in [0.25, 0.3) is 0 Å². The Morgan fingerprint density at radius 1 is 1.27 bits per heavy atom. The van der Waals surface area contributed by atoms with Crippen LogP contribution in [0.15, 0.2) is 22.9 Å². The van der Waals surface area contributed by atoms with Crippen LogP contribution in [0, 0.1) is 11.8 Å². The third-order valence-corrected chi connectivity index (χ3v) is 4.29. The molecule has 1 N–H and O–H groups in total. The number of aromatic nitrogens is 1. The Labute approximate surface area is 98.6 Å². The molecule has 1 aromatic rings. The molecule has 2 aliphatic rings. The van der Waals surface area contributed by atoms with Crippen LogP contribution in [-0.4, -0.2) is 11.0 Å². The molecule has 0 saturated heterocycles. The molecule has 0 aliphatic heterocycles. The van der Waals surface area contributed by atoms with Crippen molar-refractivity contribution < 1.29 is 0 Å². The lowest BCUT2D eigenvalue weighted by atomic mass is 9.95. The molecule has 3 heteroatoms. The fourth-order valence-corrected chi connectivity index (χ4v) is 3.33. The Bertz CT molecular complexity index is 349. The molecule has 0 amide bonds. The average Bonchev–Trinajstić information content (AvgIpc) is 2.83. The maximum Gasteiger partial charge on any atom is 0.106 e. The van der Waals surface area contributed by atoms with E-state index in [9.17, 15) is 0 Å². The van der Waals surface area contributed by atoms with E-state index in [1.807, 2.05) is 12.3 Å². The topological polar surface area (TPSA) is 24.9 Å². The number of pyridine rings is 1. The van der Waals surface area contributed by atoms with Gasteiger partial charge in [0.1, 0.15) is 4.60 Å². The molecule has 2 nitrogen and oxygen atoms in total. The molecule has 2 bridgehead atoms. The summed E-state index contributed by atoms with van der Waals surface area (Å²) >= 11 is 3.35. The van der Waals surface area contributed by atoms with Crippen LogP contribution in [0.2, 0.25) is 0 Å². The molecule has 2 fully saturated rings. The van der Waals surface area contributed by atoms with E-state index in [0.29, 0.717) is 6.04 Å². The zero-order valence-electron chi connectivity index (χ0n) is 8.62. The van der Waals surface area contributed by atoms with Crippen molar-refractivity contribution in [3.05, 3.63) is 22.9 Å². The van der Waals surface area contributed by atoms with Gasteiger partial charge in [-0.2, -0.15) is 0 Å². The maximum atomic E-state index is 4.24. The predicted octanol–water partition coefficient (Wildman–Crippen LogP) is 3.44. The summed E-state index contributed by atoms with van der Waals surface area (Å²) in [5, 5.41) is 3.62. The lowest BCUT2D eigenvalue weighted by Crippen LogP contribution is -2.25. The maximum absolute atomic E-state index is 4.24. The smallest absolute Gasteiger partial charge is 0.106 e. The van der Waals surface area contributed by atoms with E-state index in [4.69, 9.17) is 0 Å². The van der Waals surface area contributed by atoms with Crippen molar-refractivity contribution >= 4 is 21.6 Å². The van der Waals surface area contributed by atoms with E-state index in [1.54, 1.807) is 0 Å². The number of hydrogen-bond acceptors (Lipinski definition) is 2. The van der Waals surface area contributed by atoms with Gasteiger partial charge in [0.15, 0.2) is 0 Å². The van der Waals surface area contributed by atoms with Gasteiger partial charge in [-0.05, 0) is 59.2 Å². The van der Waals surface area contributed by atoms with Crippen LogP contribution < -0.4 is 5.32 Å². The van der Waals surface area contributed by atoms with Crippen molar-refractivity contribution in [1.29, 1.82) is 0 Å². The van der Waals surface area contributed by atoms with E-state index in [2.05, 4.69) is 32.3 Å². The lowest BCUT2D eigenvalue weighted by molar-refractivity contribution is 0.439. The normalized spacial score (nSPS) is 33.3. The Morgan fingerprint density at radius 3 is 2.80 bits per heavy atom. The molecule has 2 aliphatic carbocycles. The number of nitrogens with one attached hydrogen (secondary N) is 1. The van der Waals surface area contributed by atoms with E-state index >= 15 is 0 Å². The first-order chi connectivity index (χ1) is 7.31. The van der Waals surface area contributed by atoms with Crippen LogP contribution in [0.1, 0.15) is 25.7 Å². The Balaban J connectivity index is 1.68. The number of nitrogens with zero attached hydrogens (tertiary/aromatic N) is 1. The zero-order valence-corrected chi connectivity index (χ0v) is 10.2. The van der Waals surface area contributed by atoms with Crippen LogP contribution in [0.3, 0.4) is 0 Å². The molecule has 3 rings (SSSR count). The molecule has 80 valence electrons. The number of fused-ring (bicyclic) bond motifs is 2. The second kappa shape index (κ2) is 3.78. The van der Waals surface area contributed by atoms with Crippen molar-refractivity contribution in [1.82, 2.24) is 4.98 Å². The van der Waals surface area contributed by atoms with Gasteiger partial charge in [0.2, 0.25) is 0 Å². The van der Waals surface area contributed by atoms with Crippen molar-refractivity contribution in [3.63, 3.8) is 0 Å². The van der Waals surface area contributed by atoms with Crippen LogP contribution in [0.5, 0.6) is 0 Å². The number of hydrogen-bond donors (Lipinski definition) is 1. The fraction of sp³-hybridized carbons (Fsp3) is 0.583. The van der Waals surface area contributed by atoms with Gasteiger partial charge >= 0.3 is 0 Å². The first-order valence-corrected chi connectivity index (χ1v) is 6.48. The highest BCUT2D eigenvalue weighted by molar-refractivity contribution is 9.10. The summed E-state index contributed by atoms with van der Waals surface area (Å²) in [5.41, 5.74) is 1.16. The van der Waals surface area contributed by atoms with Crippen LogP contribution in [0.4, 0.5) is 5.69 Å². The third kappa shape index (κ3) is 1.89. The van der Waals surface area contributed by atoms with Gasteiger partial charge in [-0.15, -0.1) is 0 Å². The van der Waals surface area contributed by atoms with E-state index in [1.165, 1.54) is 25.7 Å². The van der Waals surface area contributed by atoms with E-state index < -0.39 is 0 Å². The fourth-order valence-electron chi connectivity index (χ4n) is 3.10. The van der Waals surface area contributed by atoms with Gasteiger partial charge in [0, 0.05) is 6.04 Å². The summed E-state index contributed by atoms with van der Waals surface area (Å²) in [7, 11) is 0. The molecule has 15 heavy (non-hydrogen) atoms. The second-order valence-electron chi connectivity index (χ2n) is 4.80. The summed E-state index contributed by atoms with van der Waals surface area (Å²) in [4.78, 5) is 4.24. The Hall–Kier alpha value is -0.570. The molecule has 1 heterocycles. The van der Waals surface area contributed by atoms with Crippen LogP contribution >= 0.6 is 15.9 Å². The lowest BCUT2D eigenvalue weighted by Gasteiger charge is -2.23. The SMILES string of the molecule is Brc1ccc(NC2CC3CCC2C3)cn1. The number of rotatable bonds is 2. The first-order valence-electron chi connectivity index (χ1n) is 5.69. The number of halogens is 1. The van der Waals surface area contributed by atoms with Crippen LogP contribution in [0.25, 0.3) is 0 Å². The van der Waals surface area contributed by atoms with Crippen molar-refractivity contribution in [2.75, 3.05) is 5.32 Å². The summed E-state index contributed by atoms with van der Waals surface area (Å²) in [6.45, 7) is 0. The minimum absolute atomic E-state index is 0.701. The summed E-state index contributed by atoms with van der Waals surface area (Å²) in [5.74, 6) is 1.91.